The standard InChI is InChI=1S/C14H23N3O/c1-5-16(4)14(18)17(11(2)3)10-12-7-6-8-13(15)9-12/h6-9,11H,5,10,15H2,1-4H3. The molecule has 0 fully saturated rings. The van der Waals surface area contributed by atoms with Crippen LogP contribution in [0.3, 0.4) is 0 Å². The van der Waals surface area contributed by atoms with Gasteiger partial charge in [0.25, 0.3) is 0 Å². The highest BCUT2D eigenvalue weighted by Crippen LogP contribution is 2.13. The maximum Gasteiger partial charge on any atom is 0.320 e. The molecule has 1 rings (SSSR count). The van der Waals surface area contributed by atoms with Crippen molar-refractivity contribution in [3.63, 3.8) is 0 Å². The second-order valence-corrected chi connectivity index (χ2v) is 4.76. The molecular weight excluding hydrogens is 226 g/mol. The number of hydrogen-bond donors (Lipinski definition) is 1. The SMILES string of the molecule is CCN(C)C(=O)N(Cc1cccc(N)c1)C(C)C. The summed E-state index contributed by atoms with van der Waals surface area (Å²) in [5, 5.41) is 0. The van der Waals surface area contributed by atoms with Crippen molar-refractivity contribution in [2.75, 3.05) is 19.3 Å². The van der Waals surface area contributed by atoms with Crippen molar-refractivity contribution in [3.8, 4) is 0 Å². The van der Waals surface area contributed by atoms with Crippen LogP contribution in [0.4, 0.5) is 10.5 Å². The molecule has 0 unspecified atom stereocenters. The van der Waals surface area contributed by atoms with Crippen LogP contribution < -0.4 is 5.73 Å². The van der Waals surface area contributed by atoms with Gasteiger partial charge in [-0.1, -0.05) is 12.1 Å². The third-order valence-corrected chi connectivity index (χ3v) is 2.97. The number of nitrogens with zero attached hydrogens (tertiary/aromatic N) is 2. The van der Waals surface area contributed by atoms with Crippen LogP contribution in [0.2, 0.25) is 0 Å². The molecule has 0 radical (unpaired) electrons. The van der Waals surface area contributed by atoms with E-state index >= 15 is 0 Å². The van der Waals surface area contributed by atoms with Crippen molar-refractivity contribution in [1.29, 1.82) is 0 Å². The number of nitrogen functional groups attached to an aromatic ring is 1. The van der Waals surface area contributed by atoms with Gasteiger partial charge in [0.15, 0.2) is 0 Å². The monoisotopic (exact) mass is 249 g/mol. The molecule has 1 aromatic rings. The normalized spacial score (nSPS) is 10.5. The molecule has 2 N–H and O–H groups in total. The predicted octanol–water partition coefficient (Wildman–Crippen LogP) is 2.55. The summed E-state index contributed by atoms with van der Waals surface area (Å²) in [6.45, 7) is 7.31. The molecule has 0 spiro atoms. The lowest BCUT2D eigenvalue weighted by atomic mass is 10.1. The Kier molecular flexibility index (Phi) is 5.01. The predicted molar refractivity (Wildman–Crippen MR) is 75.2 cm³/mol. The zero-order chi connectivity index (χ0) is 13.7. The summed E-state index contributed by atoms with van der Waals surface area (Å²) < 4.78 is 0. The van der Waals surface area contributed by atoms with Crippen LogP contribution in [0.15, 0.2) is 24.3 Å². The number of carbonyl (C=O) groups excluding carboxylic acids is 1. The van der Waals surface area contributed by atoms with Gasteiger partial charge in [0, 0.05) is 31.9 Å². The van der Waals surface area contributed by atoms with Crippen LogP contribution in [0.1, 0.15) is 26.3 Å². The smallest absolute Gasteiger partial charge is 0.320 e. The van der Waals surface area contributed by atoms with Crippen LogP contribution in [-0.2, 0) is 6.54 Å². The Morgan fingerprint density at radius 3 is 2.56 bits per heavy atom. The van der Waals surface area contributed by atoms with E-state index in [1.165, 1.54) is 0 Å². The molecule has 1 aromatic carbocycles. The molecule has 18 heavy (non-hydrogen) atoms. The lowest BCUT2D eigenvalue weighted by Crippen LogP contribution is -2.44. The second kappa shape index (κ2) is 6.28. The quantitative estimate of drug-likeness (QED) is 0.834. The number of anilines is 1. The Labute approximate surface area is 109 Å². The molecule has 0 aliphatic carbocycles. The fourth-order valence-corrected chi connectivity index (χ4v) is 1.71. The Balaban J connectivity index is 2.84. The Morgan fingerprint density at radius 2 is 2.06 bits per heavy atom. The maximum absolute atomic E-state index is 12.2. The van der Waals surface area contributed by atoms with E-state index in [-0.39, 0.29) is 12.1 Å². The van der Waals surface area contributed by atoms with E-state index in [1.807, 2.05) is 57.0 Å². The number of nitrogens with two attached hydrogens (primary N) is 1. The number of urea groups is 1. The molecule has 100 valence electrons. The largest absolute Gasteiger partial charge is 0.399 e. The molecule has 0 atom stereocenters. The van der Waals surface area contributed by atoms with Crippen molar-refractivity contribution in [2.45, 2.75) is 33.4 Å². The first-order valence-electron chi connectivity index (χ1n) is 6.31. The van der Waals surface area contributed by atoms with Crippen molar-refractivity contribution < 1.29 is 4.79 Å². The van der Waals surface area contributed by atoms with Crippen LogP contribution in [-0.4, -0.2) is 35.5 Å². The fraction of sp³-hybridized carbons (Fsp3) is 0.500. The highest BCUT2D eigenvalue weighted by molar-refractivity contribution is 5.74. The topological polar surface area (TPSA) is 49.6 Å². The third-order valence-electron chi connectivity index (χ3n) is 2.97. The average molecular weight is 249 g/mol. The average Bonchev–Trinajstić information content (AvgIpc) is 2.34. The van der Waals surface area contributed by atoms with E-state index in [4.69, 9.17) is 5.73 Å². The molecular formula is C14H23N3O. The highest BCUT2D eigenvalue weighted by atomic mass is 16.2. The van der Waals surface area contributed by atoms with Gasteiger partial charge in [-0.05, 0) is 38.5 Å². The van der Waals surface area contributed by atoms with Gasteiger partial charge in [0.05, 0.1) is 0 Å². The van der Waals surface area contributed by atoms with E-state index in [1.54, 1.807) is 4.90 Å². The first-order chi connectivity index (χ1) is 8.45. The van der Waals surface area contributed by atoms with Gasteiger partial charge in [0.2, 0.25) is 0 Å². The minimum atomic E-state index is 0.0509. The second-order valence-electron chi connectivity index (χ2n) is 4.76. The van der Waals surface area contributed by atoms with Crippen LogP contribution in [0, 0.1) is 0 Å². The lowest BCUT2D eigenvalue weighted by molar-refractivity contribution is 0.147. The Bertz CT molecular complexity index is 404. The Hall–Kier alpha value is -1.71. The summed E-state index contributed by atoms with van der Waals surface area (Å²) in [6.07, 6.45) is 0. The summed E-state index contributed by atoms with van der Waals surface area (Å²) in [7, 11) is 1.82. The summed E-state index contributed by atoms with van der Waals surface area (Å²) in [4.78, 5) is 15.8. The van der Waals surface area contributed by atoms with Crippen molar-refractivity contribution in [2.24, 2.45) is 0 Å². The van der Waals surface area contributed by atoms with Gasteiger partial charge in [-0.25, -0.2) is 4.79 Å². The van der Waals surface area contributed by atoms with E-state index in [0.29, 0.717) is 13.1 Å². The lowest BCUT2D eigenvalue weighted by Gasteiger charge is -2.31. The molecule has 0 aliphatic heterocycles. The third kappa shape index (κ3) is 3.65. The van der Waals surface area contributed by atoms with Crippen LogP contribution in [0.5, 0.6) is 0 Å². The van der Waals surface area contributed by atoms with E-state index in [2.05, 4.69) is 0 Å². The minimum Gasteiger partial charge on any atom is -0.399 e. The Morgan fingerprint density at radius 1 is 1.39 bits per heavy atom. The van der Waals surface area contributed by atoms with E-state index in [0.717, 1.165) is 11.3 Å². The van der Waals surface area contributed by atoms with Gasteiger partial charge in [-0.3, -0.25) is 0 Å². The van der Waals surface area contributed by atoms with E-state index in [9.17, 15) is 4.79 Å². The summed E-state index contributed by atoms with van der Waals surface area (Å²) in [6, 6.07) is 7.88. The molecule has 0 heterocycles. The maximum atomic E-state index is 12.2. The number of benzene rings is 1. The number of carbonyl (C=O) groups is 1. The van der Waals surface area contributed by atoms with Gasteiger partial charge in [-0.2, -0.15) is 0 Å². The zero-order valence-electron chi connectivity index (χ0n) is 11.7. The van der Waals surface area contributed by atoms with Gasteiger partial charge in [-0.15, -0.1) is 0 Å². The summed E-state index contributed by atoms with van der Waals surface area (Å²) >= 11 is 0. The fourth-order valence-electron chi connectivity index (χ4n) is 1.71. The first-order valence-corrected chi connectivity index (χ1v) is 6.31. The van der Waals surface area contributed by atoms with Gasteiger partial charge < -0.3 is 15.5 Å². The van der Waals surface area contributed by atoms with Crippen molar-refractivity contribution in [1.82, 2.24) is 9.80 Å². The highest BCUT2D eigenvalue weighted by Gasteiger charge is 2.19. The number of hydrogen-bond acceptors (Lipinski definition) is 2. The molecule has 0 aromatic heterocycles. The molecule has 2 amide bonds. The van der Waals surface area contributed by atoms with Crippen molar-refractivity contribution in [3.05, 3.63) is 29.8 Å². The minimum absolute atomic E-state index is 0.0509. The molecule has 4 heteroatoms. The summed E-state index contributed by atoms with van der Waals surface area (Å²) in [5.74, 6) is 0. The van der Waals surface area contributed by atoms with Gasteiger partial charge in [0.1, 0.15) is 0 Å². The van der Waals surface area contributed by atoms with E-state index < -0.39 is 0 Å². The number of amides is 2. The van der Waals surface area contributed by atoms with Crippen molar-refractivity contribution >= 4 is 11.7 Å². The molecule has 0 aliphatic rings. The van der Waals surface area contributed by atoms with Gasteiger partial charge >= 0.3 is 6.03 Å². The van der Waals surface area contributed by atoms with Crippen LogP contribution in [0.25, 0.3) is 0 Å². The number of rotatable bonds is 4. The molecule has 0 bridgehead atoms. The van der Waals surface area contributed by atoms with Crippen LogP contribution >= 0.6 is 0 Å². The first kappa shape index (κ1) is 14.4. The molecule has 0 saturated carbocycles. The molecule has 4 nitrogen and oxygen atoms in total. The molecule has 0 saturated heterocycles. The summed E-state index contributed by atoms with van der Waals surface area (Å²) in [5.41, 5.74) is 7.54. The zero-order valence-corrected chi connectivity index (χ0v) is 11.7.